The lowest BCUT2D eigenvalue weighted by Gasteiger charge is -2.15. The lowest BCUT2D eigenvalue weighted by atomic mass is 10.1. The van der Waals surface area contributed by atoms with Crippen molar-refractivity contribution in [2.45, 2.75) is 26.3 Å². The van der Waals surface area contributed by atoms with Crippen molar-refractivity contribution in [3.63, 3.8) is 0 Å². The Labute approximate surface area is 148 Å². The van der Waals surface area contributed by atoms with Crippen LogP contribution in [0.1, 0.15) is 25.3 Å². The highest BCUT2D eigenvalue weighted by Gasteiger charge is 2.21. The molecule has 0 radical (unpaired) electrons. The van der Waals surface area contributed by atoms with E-state index in [0.717, 1.165) is 28.1 Å². The fourth-order valence-electron chi connectivity index (χ4n) is 2.76. The predicted octanol–water partition coefficient (Wildman–Crippen LogP) is 3.42. The minimum atomic E-state index is 0.428. The Morgan fingerprint density at radius 2 is 2.20 bits per heavy atom. The molecule has 2 N–H and O–H groups in total. The Bertz CT molecular complexity index is 454. The smallest absolute Gasteiger partial charge is 0.133 e. The molecule has 2 rings (SSSR count). The van der Waals surface area contributed by atoms with Crippen LogP contribution in [-0.2, 0) is 6.54 Å². The zero-order valence-electron chi connectivity index (χ0n) is 11.8. The average molecular weight is 500 g/mol. The third-order valence-corrected chi connectivity index (χ3v) is 5.21. The van der Waals surface area contributed by atoms with Crippen LogP contribution in [0.15, 0.2) is 12.1 Å². The normalized spacial score (nSPS) is 19.6. The average Bonchev–Trinajstić information content (AvgIpc) is 2.83. The first kappa shape index (κ1) is 16.8. The van der Waals surface area contributed by atoms with Gasteiger partial charge < -0.3 is 15.3 Å². The molecule has 1 aliphatic heterocycles. The van der Waals surface area contributed by atoms with Gasteiger partial charge >= 0.3 is 0 Å². The van der Waals surface area contributed by atoms with Crippen LogP contribution in [0.2, 0.25) is 0 Å². The molecule has 0 saturated carbocycles. The maximum Gasteiger partial charge on any atom is 0.133 e. The summed E-state index contributed by atoms with van der Waals surface area (Å²) in [5, 5.41) is 13.6. The van der Waals surface area contributed by atoms with Crippen LogP contribution in [0, 0.1) is 13.1 Å². The molecule has 5 heteroatoms. The number of rotatable bonds is 6. The van der Waals surface area contributed by atoms with Gasteiger partial charge in [0.05, 0.1) is 3.57 Å². The molecule has 1 aromatic rings. The molecule has 1 aliphatic rings. The second-order valence-corrected chi connectivity index (χ2v) is 7.89. The van der Waals surface area contributed by atoms with E-state index in [1.54, 1.807) is 0 Å². The molecular formula is C15H22I2N2O. The highest BCUT2D eigenvalue weighted by molar-refractivity contribution is 14.1. The van der Waals surface area contributed by atoms with Gasteiger partial charge in [-0.05, 0) is 95.7 Å². The number of benzene rings is 1. The molecular weight excluding hydrogens is 478 g/mol. The van der Waals surface area contributed by atoms with Crippen LogP contribution in [0.25, 0.3) is 0 Å². The van der Waals surface area contributed by atoms with Crippen LogP contribution in [0.5, 0.6) is 5.75 Å². The van der Waals surface area contributed by atoms with Crippen molar-refractivity contribution < 1.29 is 5.11 Å². The van der Waals surface area contributed by atoms with Gasteiger partial charge in [-0.2, -0.15) is 0 Å². The van der Waals surface area contributed by atoms with Gasteiger partial charge in [0.2, 0.25) is 0 Å². The van der Waals surface area contributed by atoms with Crippen molar-refractivity contribution >= 4 is 45.2 Å². The van der Waals surface area contributed by atoms with Gasteiger partial charge in [0, 0.05) is 22.2 Å². The molecule has 20 heavy (non-hydrogen) atoms. The van der Waals surface area contributed by atoms with E-state index in [2.05, 4.69) is 68.4 Å². The monoisotopic (exact) mass is 500 g/mol. The number of hydrogen-bond donors (Lipinski definition) is 2. The van der Waals surface area contributed by atoms with E-state index in [-0.39, 0.29) is 0 Å². The summed E-state index contributed by atoms with van der Waals surface area (Å²) in [5.41, 5.74) is 1.00. The second kappa shape index (κ2) is 8.14. The second-order valence-electron chi connectivity index (χ2n) is 5.48. The van der Waals surface area contributed by atoms with Crippen LogP contribution >= 0.6 is 45.2 Å². The fraction of sp³-hybridized carbons (Fsp3) is 0.600. The molecule has 1 saturated heterocycles. The summed E-state index contributed by atoms with van der Waals surface area (Å²) in [7, 11) is 0. The molecule has 0 aromatic heterocycles. The Morgan fingerprint density at radius 1 is 1.40 bits per heavy atom. The number of phenolic OH excluding ortho intramolecular Hbond substituents is 1. The Balaban J connectivity index is 1.79. The van der Waals surface area contributed by atoms with Crippen molar-refractivity contribution in [3.05, 3.63) is 24.8 Å². The highest BCUT2D eigenvalue weighted by atomic mass is 127. The Hall–Kier alpha value is 0.400. The molecule has 0 spiro atoms. The molecule has 112 valence electrons. The highest BCUT2D eigenvalue weighted by Crippen LogP contribution is 2.27. The summed E-state index contributed by atoms with van der Waals surface area (Å²) in [6, 6.07) is 4.06. The summed E-state index contributed by atoms with van der Waals surface area (Å²) in [4.78, 5) is 2.55. The van der Waals surface area contributed by atoms with Crippen molar-refractivity contribution in [2.75, 3.05) is 26.2 Å². The van der Waals surface area contributed by atoms with Crippen LogP contribution < -0.4 is 5.32 Å². The maximum atomic E-state index is 10.1. The van der Waals surface area contributed by atoms with Crippen molar-refractivity contribution in [3.8, 4) is 5.75 Å². The minimum absolute atomic E-state index is 0.428. The Kier molecular flexibility index (Phi) is 6.83. The third-order valence-electron chi connectivity index (χ3n) is 3.77. The van der Waals surface area contributed by atoms with E-state index < -0.39 is 0 Å². The summed E-state index contributed by atoms with van der Waals surface area (Å²) in [6.45, 7) is 7.73. The lowest BCUT2D eigenvalue weighted by molar-refractivity contribution is 0.322. The van der Waals surface area contributed by atoms with Gasteiger partial charge in [0.25, 0.3) is 0 Å². The van der Waals surface area contributed by atoms with E-state index in [0.29, 0.717) is 5.75 Å². The van der Waals surface area contributed by atoms with Gasteiger partial charge in [-0.15, -0.1) is 0 Å². The third kappa shape index (κ3) is 4.71. The first-order chi connectivity index (χ1) is 9.60. The van der Waals surface area contributed by atoms with E-state index in [1.807, 2.05) is 6.07 Å². The zero-order chi connectivity index (χ0) is 14.5. The van der Waals surface area contributed by atoms with Crippen molar-refractivity contribution in [1.29, 1.82) is 0 Å². The van der Waals surface area contributed by atoms with Gasteiger partial charge in [0.15, 0.2) is 0 Å². The van der Waals surface area contributed by atoms with Crippen molar-refractivity contribution in [2.24, 2.45) is 5.92 Å². The fourth-order valence-corrected chi connectivity index (χ4v) is 4.73. The first-order valence-electron chi connectivity index (χ1n) is 7.20. The number of likely N-dealkylation sites (tertiary alicyclic amines) is 1. The molecule has 1 unspecified atom stereocenters. The predicted molar refractivity (Wildman–Crippen MR) is 100 cm³/mol. The summed E-state index contributed by atoms with van der Waals surface area (Å²) in [6.07, 6.45) is 2.54. The molecule has 3 nitrogen and oxygen atoms in total. The lowest BCUT2D eigenvalue weighted by Crippen LogP contribution is -2.26. The topological polar surface area (TPSA) is 35.5 Å². The van der Waals surface area contributed by atoms with Crippen LogP contribution in [0.4, 0.5) is 0 Å². The first-order valence-corrected chi connectivity index (χ1v) is 9.35. The standard InChI is InChI=1S/C15H22I2N2O/c1-2-4-19-5-3-11(10-19)8-18-9-12-6-13(16)7-14(17)15(12)20/h6-7,11,18,20H,2-5,8-10H2,1H3. The largest absolute Gasteiger partial charge is 0.507 e. The molecule has 1 aromatic carbocycles. The zero-order valence-corrected chi connectivity index (χ0v) is 16.1. The molecule has 0 bridgehead atoms. The van der Waals surface area contributed by atoms with Gasteiger partial charge in [-0.3, -0.25) is 0 Å². The number of aromatic hydroxyl groups is 1. The molecule has 1 atom stereocenters. The Morgan fingerprint density at radius 3 is 2.95 bits per heavy atom. The van der Waals surface area contributed by atoms with Crippen LogP contribution in [0.3, 0.4) is 0 Å². The van der Waals surface area contributed by atoms with Crippen molar-refractivity contribution in [1.82, 2.24) is 10.2 Å². The molecule has 1 heterocycles. The van der Waals surface area contributed by atoms with Gasteiger partial charge in [-0.1, -0.05) is 6.92 Å². The molecule has 0 amide bonds. The number of halogens is 2. The quantitative estimate of drug-likeness (QED) is 0.589. The maximum absolute atomic E-state index is 10.1. The number of hydrogen-bond acceptors (Lipinski definition) is 3. The van der Waals surface area contributed by atoms with E-state index in [1.165, 1.54) is 36.0 Å². The summed E-state index contributed by atoms with van der Waals surface area (Å²) >= 11 is 4.49. The van der Waals surface area contributed by atoms with E-state index in [9.17, 15) is 5.11 Å². The minimum Gasteiger partial charge on any atom is -0.507 e. The summed E-state index contributed by atoms with van der Waals surface area (Å²) < 4.78 is 2.11. The summed E-state index contributed by atoms with van der Waals surface area (Å²) in [5.74, 6) is 1.18. The number of nitrogens with one attached hydrogen (secondary N) is 1. The number of phenols is 1. The number of nitrogens with zero attached hydrogens (tertiary/aromatic N) is 1. The SMILES string of the molecule is CCCN1CCC(CNCc2cc(I)cc(I)c2O)C1. The van der Waals surface area contributed by atoms with E-state index >= 15 is 0 Å². The van der Waals surface area contributed by atoms with Gasteiger partial charge in [-0.25, -0.2) is 0 Å². The van der Waals surface area contributed by atoms with E-state index in [4.69, 9.17) is 0 Å². The van der Waals surface area contributed by atoms with Gasteiger partial charge in [0.1, 0.15) is 5.75 Å². The van der Waals surface area contributed by atoms with Crippen LogP contribution in [-0.4, -0.2) is 36.2 Å². The molecule has 0 aliphatic carbocycles. The molecule has 1 fully saturated rings.